The first-order chi connectivity index (χ1) is 9.28. The van der Waals surface area contributed by atoms with Gasteiger partial charge in [0, 0.05) is 9.75 Å². The van der Waals surface area contributed by atoms with Crippen LogP contribution in [0.15, 0.2) is 25.3 Å². The fourth-order valence-corrected chi connectivity index (χ4v) is 2.45. The van der Waals surface area contributed by atoms with Crippen LogP contribution in [0.5, 0.6) is 0 Å². The second kappa shape index (κ2) is 13.1. The van der Waals surface area contributed by atoms with Crippen LogP contribution in [0.4, 0.5) is 0 Å². The molecule has 19 heavy (non-hydrogen) atoms. The predicted molar refractivity (Wildman–Crippen MR) is 96.6 cm³/mol. The predicted octanol–water partition coefficient (Wildman–Crippen LogP) is 7.15. The van der Waals surface area contributed by atoms with Gasteiger partial charge in [0.15, 0.2) is 0 Å². The third-order valence-corrected chi connectivity index (χ3v) is 3.29. The zero-order valence-electron chi connectivity index (χ0n) is 13.3. The summed E-state index contributed by atoms with van der Waals surface area (Å²) in [6.07, 6.45) is 12.1. The minimum absolute atomic E-state index is 1.20. The number of hydrogen-bond acceptors (Lipinski definition) is 1. The van der Waals surface area contributed by atoms with Crippen molar-refractivity contribution in [1.29, 1.82) is 0 Å². The Morgan fingerprint density at radius 1 is 0.737 bits per heavy atom. The molecule has 0 radical (unpaired) electrons. The molecule has 1 heteroatoms. The van der Waals surface area contributed by atoms with Gasteiger partial charge in [0.25, 0.3) is 0 Å². The van der Waals surface area contributed by atoms with Crippen molar-refractivity contribution >= 4 is 35.6 Å². The first-order valence-corrected chi connectivity index (χ1v) is 7.77. The average molecular weight is 276 g/mol. The fourth-order valence-electron chi connectivity index (χ4n) is 1.47. The van der Waals surface area contributed by atoms with E-state index in [1.807, 2.05) is 53.7 Å². The molecule has 106 valence electrons. The molecule has 0 unspecified atom stereocenters. The van der Waals surface area contributed by atoms with Crippen molar-refractivity contribution in [2.45, 2.75) is 41.5 Å². The third kappa shape index (κ3) is 5.89. The van der Waals surface area contributed by atoms with Gasteiger partial charge in [-0.25, -0.2) is 0 Å². The number of rotatable bonds is 4. The van der Waals surface area contributed by atoms with E-state index in [4.69, 9.17) is 0 Å². The van der Waals surface area contributed by atoms with Gasteiger partial charge in [-0.15, -0.1) is 11.3 Å². The zero-order chi connectivity index (χ0) is 15.3. The molecule has 0 saturated heterocycles. The summed E-state index contributed by atoms with van der Waals surface area (Å²) >= 11 is 1.73. The molecule has 0 atom stereocenters. The second-order valence-corrected chi connectivity index (χ2v) is 4.15. The van der Waals surface area contributed by atoms with E-state index in [2.05, 4.69) is 37.5 Å². The van der Waals surface area contributed by atoms with E-state index in [1.165, 1.54) is 20.9 Å². The van der Waals surface area contributed by atoms with Crippen LogP contribution in [0, 0.1) is 0 Å². The SMILES string of the molecule is C=Cc1sc(C=C)c(/C=C\C)c1/C=C\C.CC.CC. The van der Waals surface area contributed by atoms with E-state index in [9.17, 15) is 0 Å². The maximum absolute atomic E-state index is 3.84. The number of hydrogen-bond donors (Lipinski definition) is 0. The number of thiophene rings is 1. The Morgan fingerprint density at radius 2 is 1.05 bits per heavy atom. The van der Waals surface area contributed by atoms with Crippen molar-refractivity contribution in [1.82, 2.24) is 0 Å². The van der Waals surface area contributed by atoms with Gasteiger partial charge in [-0.2, -0.15) is 0 Å². The highest BCUT2D eigenvalue weighted by Gasteiger charge is 2.09. The van der Waals surface area contributed by atoms with E-state index >= 15 is 0 Å². The lowest BCUT2D eigenvalue weighted by Crippen LogP contribution is -1.77. The summed E-state index contributed by atoms with van der Waals surface area (Å²) in [7, 11) is 0. The lowest BCUT2D eigenvalue weighted by atomic mass is 10.1. The Morgan fingerprint density at radius 3 is 1.26 bits per heavy atom. The summed E-state index contributed by atoms with van der Waals surface area (Å²) in [6, 6.07) is 0. The molecule has 0 N–H and O–H groups in total. The van der Waals surface area contributed by atoms with E-state index in [0.717, 1.165) is 0 Å². The number of allylic oxidation sites excluding steroid dienone is 2. The van der Waals surface area contributed by atoms with E-state index in [-0.39, 0.29) is 0 Å². The molecule has 0 aromatic carbocycles. The molecule has 0 saturated carbocycles. The lowest BCUT2D eigenvalue weighted by Gasteiger charge is -1.95. The quantitative estimate of drug-likeness (QED) is 0.547. The summed E-state index contributed by atoms with van der Waals surface area (Å²) in [5.41, 5.74) is 2.48. The third-order valence-electron chi connectivity index (χ3n) is 2.08. The molecule has 1 aromatic heterocycles. The summed E-state index contributed by atoms with van der Waals surface area (Å²) in [6.45, 7) is 19.7. The Labute approximate surface area is 123 Å². The van der Waals surface area contributed by atoms with Crippen LogP contribution in [-0.2, 0) is 0 Å². The van der Waals surface area contributed by atoms with Crippen LogP contribution in [0.3, 0.4) is 0 Å². The van der Waals surface area contributed by atoms with Gasteiger partial charge in [0.1, 0.15) is 0 Å². The molecule has 0 amide bonds. The summed E-state index contributed by atoms with van der Waals surface area (Å²) in [4.78, 5) is 2.41. The molecule has 0 aliphatic rings. The molecular formula is C18H28S. The minimum Gasteiger partial charge on any atom is -0.135 e. The first-order valence-electron chi connectivity index (χ1n) is 6.95. The van der Waals surface area contributed by atoms with E-state index in [0.29, 0.717) is 0 Å². The van der Waals surface area contributed by atoms with Crippen molar-refractivity contribution in [3.8, 4) is 0 Å². The van der Waals surface area contributed by atoms with Crippen LogP contribution < -0.4 is 0 Å². The average Bonchev–Trinajstić information content (AvgIpc) is 2.82. The van der Waals surface area contributed by atoms with E-state index in [1.54, 1.807) is 11.3 Å². The molecule has 0 nitrogen and oxygen atoms in total. The molecule has 1 rings (SSSR count). The van der Waals surface area contributed by atoms with Crippen molar-refractivity contribution in [3.05, 3.63) is 46.2 Å². The van der Waals surface area contributed by atoms with Gasteiger partial charge in [-0.3, -0.25) is 0 Å². The van der Waals surface area contributed by atoms with Crippen molar-refractivity contribution in [2.75, 3.05) is 0 Å². The fraction of sp³-hybridized carbons (Fsp3) is 0.333. The van der Waals surface area contributed by atoms with Crippen molar-refractivity contribution in [2.24, 2.45) is 0 Å². The molecule has 0 spiro atoms. The Bertz CT molecular complexity index is 379. The van der Waals surface area contributed by atoms with Crippen LogP contribution in [0.2, 0.25) is 0 Å². The van der Waals surface area contributed by atoms with Crippen LogP contribution >= 0.6 is 11.3 Å². The van der Waals surface area contributed by atoms with Gasteiger partial charge in [0.2, 0.25) is 0 Å². The molecule has 0 aliphatic heterocycles. The van der Waals surface area contributed by atoms with Gasteiger partial charge in [-0.05, 0) is 25.0 Å². The van der Waals surface area contributed by atoms with Gasteiger partial charge in [0.05, 0.1) is 0 Å². The van der Waals surface area contributed by atoms with Gasteiger partial charge >= 0.3 is 0 Å². The minimum atomic E-state index is 1.20. The summed E-state index contributed by atoms with van der Waals surface area (Å²) in [5, 5.41) is 0. The van der Waals surface area contributed by atoms with Crippen LogP contribution in [-0.4, -0.2) is 0 Å². The van der Waals surface area contributed by atoms with Crippen LogP contribution in [0.1, 0.15) is 62.4 Å². The van der Waals surface area contributed by atoms with Gasteiger partial charge in [-0.1, -0.05) is 77.3 Å². The highest BCUT2D eigenvalue weighted by molar-refractivity contribution is 7.14. The highest BCUT2D eigenvalue weighted by atomic mass is 32.1. The van der Waals surface area contributed by atoms with Crippen molar-refractivity contribution in [3.63, 3.8) is 0 Å². The maximum Gasteiger partial charge on any atom is 0.0349 e. The van der Waals surface area contributed by atoms with Crippen molar-refractivity contribution < 1.29 is 0 Å². The Balaban J connectivity index is 0. The monoisotopic (exact) mass is 276 g/mol. The molecular weight excluding hydrogens is 248 g/mol. The molecule has 1 aromatic rings. The smallest absolute Gasteiger partial charge is 0.0349 e. The lowest BCUT2D eigenvalue weighted by molar-refractivity contribution is 1.50. The summed E-state index contributed by atoms with van der Waals surface area (Å²) < 4.78 is 0. The van der Waals surface area contributed by atoms with Gasteiger partial charge < -0.3 is 0 Å². The largest absolute Gasteiger partial charge is 0.135 e. The zero-order valence-corrected chi connectivity index (χ0v) is 14.1. The first kappa shape index (κ1) is 20.0. The molecule has 0 fully saturated rings. The highest BCUT2D eigenvalue weighted by Crippen LogP contribution is 2.32. The van der Waals surface area contributed by atoms with Crippen LogP contribution in [0.25, 0.3) is 24.3 Å². The topological polar surface area (TPSA) is 0 Å². The summed E-state index contributed by atoms with van der Waals surface area (Å²) in [5.74, 6) is 0. The molecule has 0 bridgehead atoms. The van der Waals surface area contributed by atoms with E-state index < -0.39 is 0 Å². The molecule has 1 heterocycles. The Kier molecular flexibility index (Phi) is 13.8. The maximum atomic E-state index is 3.84. The standard InChI is InChI=1S/C14H16S.2C2H6/c1-5-9-11-12(10-6-2)14(8-4)15-13(11)7-3;2*1-2/h5-10H,3-4H2,1-2H3;2*1-2H3/b9-5-,10-6-;;. The second-order valence-electron chi connectivity index (χ2n) is 3.07. The normalized spacial score (nSPS) is 9.58. The molecule has 0 aliphatic carbocycles. The Hall–Kier alpha value is -1.34.